The molecule has 0 heterocycles. The van der Waals surface area contributed by atoms with Gasteiger partial charge < -0.3 is 5.11 Å². The minimum atomic E-state index is -4.63. The van der Waals surface area contributed by atoms with Gasteiger partial charge in [0.2, 0.25) is 0 Å². The van der Waals surface area contributed by atoms with Gasteiger partial charge in [-0.25, -0.2) is 0 Å². The summed E-state index contributed by atoms with van der Waals surface area (Å²) in [6.07, 6.45) is -1.77. The first-order valence-electron chi connectivity index (χ1n) is 10.5. The summed E-state index contributed by atoms with van der Waals surface area (Å²) >= 11 is 0. The third-order valence-corrected chi connectivity index (χ3v) is 5.39. The van der Waals surface area contributed by atoms with Crippen LogP contribution < -0.4 is 0 Å². The van der Waals surface area contributed by atoms with Gasteiger partial charge in [-0.05, 0) is 73.8 Å². The fourth-order valence-electron chi connectivity index (χ4n) is 3.89. The molecule has 2 atom stereocenters. The van der Waals surface area contributed by atoms with E-state index < -0.39 is 11.8 Å². The van der Waals surface area contributed by atoms with Crippen LogP contribution in [0.5, 0.6) is 0 Å². The minimum Gasteiger partial charge on any atom is -0.378 e. The molecule has 0 saturated carbocycles. The smallest absolute Gasteiger partial charge is 0.378 e. The highest BCUT2D eigenvalue weighted by molar-refractivity contribution is 5.37. The van der Waals surface area contributed by atoms with Crippen LogP contribution in [0.3, 0.4) is 0 Å². The standard InChI is InChI=1S/C26H28F3NO/c1-3-13-25(31,14-15-26(27,28)29)18-22(16-21-7-5-4-6-8-21)11-12-24-17-23(19-30)10-9-20(24)2/h4-10,17,22,31H,3,11-13,16,18H2,1-2H3/t22-,25-/m0/s1. The first-order chi connectivity index (χ1) is 14.6. The van der Waals surface area contributed by atoms with Crippen LogP contribution in [0.15, 0.2) is 48.5 Å². The number of aryl methyl sites for hydroxylation is 2. The highest BCUT2D eigenvalue weighted by Gasteiger charge is 2.31. The average Bonchev–Trinajstić information content (AvgIpc) is 2.72. The van der Waals surface area contributed by atoms with Crippen LogP contribution in [-0.4, -0.2) is 16.9 Å². The van der Waals surface area contributed by atoms with Crippen LogP contribution in [0, 0.1) is 36.0 Å². The fourth-order valence-corrected chi connectivity index (χ4v) is 3.89. The maximum Gasteiger partial charge on any atom is 0.457 e. The monoisotopic (exact) mass is 427 g/mol. The maximum atomic E-state index is 12.7. The second-order valence-corrected chi connectivity index (χ2v) is 8.08. The quantitative estimate of drug-likeness (QED) is 0.488. The number of nitriles is 1. The minimum absolute atomic E-state index is 0.0633. The van der Waals surface area contributed by atoms with Crippen LogP contribution >= 0.6 is 0 Å². The van der Waals surface area contributed by atoms with Gasteiger partial charge in [-0.3, -0.25) is 0 Å². The molecule has 0 aromatic heterocycles. The zero-order chi connectivity index (χ0) is 22.9. The Hall–Kier alpha value is -2.76. The van der Waals surface area contributed by atoms with E-state index in [9.17, 15) is 23.5 Å². The van der Waals surface area contributed by atoms with Crippen LogP contribution in [0.4, 0.5) is 13.2 Å². The molecule has 5 heteroatoms. The molecule has 0 aliphatic rings. The van der Waals surface area contributed by atoms with E-state index >= 15 is 0 Å². The van der Waals surface area contributed by atoms with Gasteiger partial charge in [-0.15, -0.1) is 0 Å². The highest BCUT2D eigenvalue weighted by Crippen LogP contribution is 2.29. The van der Waals surface area contributed by atoms with Crippen molar-refractivity contribution in [2.75, 3.05) is 0 Å². The lowest BCUT2D eigenvalue weighted by Gasteiger charge is -2.28. The van der Waals surface area contributed by atoms with Crippen molar-refractivity contribution in [3.8, 4) is 17.9 Å². The van der Waals surface area contributed by atoms with Crippen molar-refractivity contribution in [2.24, 2.45) is 5.92 Å². The van der Waals surface area contributed by atoms with Gasteiger partial charge in [0, 0.05) is 5.92 Å². The Bertz CT molecular complexity index is 951. The molecule has 0 aliphatic carbocycles. The molecule has 2 rings (SSSR count). The Morgan fingerprint density at radius 2 is 1.77 bits per heavy atom. The summed E-state index contributed by atoms with van der Waals surface area (Å²) in [7, 11) is 0. The van der Waals surface area contributed by atoms with Gasteiger partial charge in [-0.1, -0.05) is 55.7 Å². The Morgan fingerprint density at radius 3 is 2.39 bits per heavy atom. The van der Waals surface area contributed by atoms with Gasteiger partial charge in [0.25, 0.3) is 0 Å². The molecule has 0 spiro atoms. The van der Waals surface area contributed by atoms with E-state index in [1.54, 1.807) is 6.07 Å². The van der Waals surface area contributed by atoms with Crippen molar-refractivity contribution in [3.63, 3.8) is 0 Å². The summed E-state index contributed by atoms with van der Waals surface area (Å²) in [5.41, 5.74) is 2.07. The molecule has 164 valence electrons. The van der Waals surface area contributed by atoms with Gasteiger partial charge >= 0.3 is 6.18 Å². The molecule has 0 radical (unpaired) electrons. The molecule has 0 unspecified atom stereocenters. The predicted octanol–water partition coefficient (Wildman–Crippen LogP) is 6.15. The normalized spacial score (nSPS) is 14.1. The zero-order valence-electron chi connectivity index (χ0n) is 18.0. The first-order valence-corrected chi connectivity index (χ1v) is 10.5. The van der Waals surface area contributed by atoms with E-state index in [0.717, 1.165) is 16.7 Å². The molecule has 0 saturated heterocycles. The number of halogens is 3. The van der Waals surface area contributed by atoms with E-state index in [4.69, 9.17) is 0 Å². The maximum absolute atomic E-state index is 12.7. The number of benzene rings is 2. The lowest BCUT2D eigenvalue weighted by molar-refractivity contribution is -0.0706. The summed E-state index contributed by atoms with van der Waals surface area (Å²) in [4.78, 5) is 0. The number of hydrogen-bond donors (Lipinski definition) is 1. The number of aliphatic hydroxyl groups is 1. The molecule has 2 nitrogen and oxygen atoms in total. The van der Waals surface area contributed by atoms with Crippen molar-refractivity contribution in [2.45, 2.75) is 64.1 Å². The third-order valence-electron chi connectivity index (χ3n) is 5.39. The zero-order valence-corrected chi connectivity index (χ0v) is 18.0. The van der Waals surface area contributed by atoms with Gasteiger partial charge in [0.05, 0.1) is 11.6 Å². The number of rotatable bonds is 9. The van der Waals surface area contributed by atoms with Gasteiger partial charge in [-0.2, -0.15) is 18.4 Å². The Morgan fingerprint density at radius 1 is 1.06 bits per heavy atom. The van der Waals surface area contributed by atoms with Crippen molar-refractivity contribution in [3.05, 3.63) is 70.8 Å². The second-order valence-electron chi connectivity index (χ2n) is 8.08. The molecule has 2 aromatic rings. The summed E-state index contributed by atoms with van der Waals surface area (Å²) in [5.74, 6) is 3.33. The third kappa shape index (κ3) is 8.48. The van der Waals surface area contributed by atoms with Crippen molar-refractivity contribution in [1.29, 1.82) is 5.26 Å². The molecular formula is C26H28F3NO. The van der Waals surface area contributed by atoms with E-state index in [1.807, 2.05) is 56.3 Å². The van der Waals surface area contributed by atoms with E-state index in [2.05, 4.69) is 12.0 Å². The SMILES string of the molecule is CCC[C@](O)(C#CC(F)(F)F)C[C@@H](CCc1cc(C#N)ccc1C)Cc1ccccc1. The molecule has 2 aromatic carbocycles. The summed E-state index contributed by atoms with van der Waals surface area (Å²) in [5, 5.41) is 20.1. The number of alkyl halides is 3. The van der Waals surface area contributed by atoms with Gasteiger partial charge in [0.15, 0.2) is 0 Å². The fraction of sp³-hybridized carbons (Fsp3) is 0.423. The lowest BCUT2D eigenvalue weighted by atomic mass is 9.81. The Balaban J connectivity index is 2.26. The lowest BCUT2D eigenvalue weighted by Crippen LogP contribution is -2.31. The summed E-state index contributed by atoms with van der Waals surface area (Å²) < 4.78 is 38.1. The molecule has 1 N–H and O–H groups in total. The summed E-state index contributed by atoms with van der Waals surface area (Å²) in [6.45, 7) is 3.80. The Kier molecular flexibility index (Phi) is 8.72. The summed E-state index contributed by atoms with van der Waals surface area (Å²) in [6, 6.07) is 17.4. The topological polar surface area (TPSA) is 44.0 Å². The van der Waals surface area contributed by atoms with Crippen LogP contribution in [0.25, 0.3) is 0 Å². The molecule has 0 amide bonds. The number of hydrogen-bond acceptors (Lipinski definition) is 2. The molecule has 0 aliphatic heterocycles. The van der Waals surface area contributed by atoms with E-state index in [-0.39, 0.29) is 18.8 Å². The Labute approximate surface area is 182 Å². The highest BCUT2D eigenvalue weighted by atomic mass is 19.4. The van der Waals surface area contributed by atoms with Crippen molar-refractivity contribution in [1.82, 2.24) is 0 Å². The molecular weight excluding hydrogens is 399 g/mol. The average molecular weight is 428 g/mol. The number of nitrogens with zero attached hydrogens (tertiary/aromatic N) is 1. The van der Waals surface area contributed by atoms with Gasteiger partial charge in [0.1, 0.15) is 5.60 Å². The van der Waals surface area contributed by atoms with Crippen molar-refractivity contribution >= 4 is 0 Å². The second kappa shape index (κ2) is 11.0. The van der Waals surface area contributed by atoms with E-state index in [1.165, 1.54) is 5.92 Å². The van der Waals surface area contributed by atoms with Crippen molar-refractivity contribution < 1.29 is 18.3 Å². The van der Waals surface area contributed by atoms with Crippen LogP contribution in [-0.2, 0) is 12.8 Å². The van der Waals surface area contributed by atoms with E-state index in [0.29, 0.717) is 31.2 Å². The molecule has 0 bridgehead atoms. The molecule has 31 heavy (non-hydrogen) atoms. The van der Waals surface area contributed by atoms with Crippen LogP contribution in [0.1, 0.15) is 54.9 Å². The largest absolute Gasteiger partial charge is 0.457 e. The predicted molar refractivity (Wildman–Crippen MR) is 116 cm³/mol. The van der Waals surface area contributed by atoms with Crippen LogP contribution in [0.2, 0.25) is 0 Å². The first kappa shape index (κ1) is 24.5. The molecule has 0 fully saturated rings.